The Morgan fingerprint density at radius 1 is 1.22 bits per heavy atom. The van der Waals surface area contributed by atoms with Crippen LogP contribution in [0.4, 0.5) is 0 Å². The quantitative estimate of drug-likeness (QED) is 0.848. The van der Waals surface area contributed by atoms with Crippen LogP contribution in [0.1, 0.15) is 43.9 Å². The first kappa shape index (κ1) is 14.6. The van der Waals surface area contributed by atoms with Gasteiger partial charge in [-0.25, -0.2) is 4.98 Å². The van der Waals surface area contributed by atoms with E-state index in [9.17, 15) is 0 Å². The Kier molecular flexibility index (Phi) is 3.99. The van der Waals surface area contributed by atoms with Gasteiger partial charge in [-0.1, -0.05) is 12.5 Å². The average Bonchev–Trinajstić information content (AvgIpc) is 2.95. The zero-order valence-electron chi connectivity index (χ0n) is 13.6. The minimum absolute atomic E-state index is 0.334. The van der Waals surface area contributed by atoms with E-state index in [1.54, 1.807) is 6.20 Å². The molecule has 0 aromatic carbocycles. The molecule has 1 aliphatic carbocycles. The van der Waals surface area contributed by atoms with Crippen molar-refractivity contribution in [2.75, 3.05) is 13.1 Å². The Morgan fingerprint density at radius 3 is 2.87 bits per heavy atom. The summed E-state index contributed by atoms with van der Waals surface area (Å²) in [4.78, 5) is 6.73. The molecular weight excluding hydrogens is 290 g/mol. The van der Waals surface area contributed by atoms with Crippen molar-refractivity contribution in [2.24, 2.45) is 5.92 Å². The zero-order valence-corrected chi connectivity index (χ0v) is 13.6. The van der Waals surface area contributed by atoms with E-state index >= 15 is 0 Å². The fraction of sp³-hybridized carbons (Fsp3) is 0.588. The van der Waals surface area contributed by atoms with Crippen molar-refractivity contribution < 1.29 is 4.74 Å². The van der Waals surface area contributed by atoms with E-state index in [-0.39, 0.29) is 0 Å². The third-order valence-electron chi connectivity index (χ3n) is 5.09. The summed E-state index contributed by atoms with van der Waals surface area (Å²) in [6.07, 6.45) is 5.91. The minimum atomic E-state index is 0.334. The van der Waals surface area contributed by atoms with Crippen LogP contribution in [-0.4, -0.2) is 37.7 Å². The molecule has 6 nitrogen and oxygen atoms in total. The summed E-state index contributed by atoms with van der Waals surface area (Å²) in [6.45, 7) is 5.87. The molecule has 1 fully saturated rings. The van der Waals surface area contributed by atoms with Crippen molar-refractivity contribution in [3.63, 3.8) is 0 Å². The van der Waals surface area contributed by atoms with E-state index in [4.69, 9.17) is 4.74 Å². The highest BCUT2D eigenvalue weighted by molar-refractivity contribution is 5.10. The summed E-state index contributed by atoms with van der Waals surface area (Å²) >= 11 is 0. The number of fused-ring (bicyclic) bond motifs is 1. The van der Waals surface area contributed by atoms with Gasteiger partial charge in [0.05, 0.1) is 6.04 Å². The van der Waals surface area contributed by atoms with Crippen molar-refractivity contribution in [2.45, 2.75) is 45.4 Å². The molecule has 1 saturated carbocycles. The van der Waals surface area contributed by atoms with Gasteiger partial charge in [-0.2, -0.15) is 0 Å². The molecule has 122 valence electrons. The van der Waals surface area contributed by atoms with Gasteiger partial charge in [-0.3, -0.25) is 4.90 Å². The summed E-state index contributed by atoms with van der Waals surface area (Å²) in [5, 5.41) is 8.77. The molecule has 2 aliphatic rings. The van der Waals surface area contributed by atoms with Crippen molar-refractivity contribution in [1.29, 1.82) is 0 Å². The Balaban J connectivity index is 1.43. The van der Waals surface area contributed by atoms with E-state index in [1.807, 2.05) is 18.2 Å². The molecule has 6 heteroatoms. The highest BCUT2D eigenvalue weighted by Crippen LogP contribution is 2.31. The van der Waals surface area contributed by atoms with Crippen LogP contribution >= 0.6 is 0 Å². The van der Waals surface area contributed by atoms with Crippen molar-refractivity contribution in [3.05, 3.63) is 36.0 Å². The smallest absolute Gasteiger partial charge is 0.213 e. The normalized spacial score (nSPS) is 21.7. The minimum Gasteiger partial charge on any atom is -0.469 e. The fourth-order valence-electron chi connectivity index (χ4n) is 3.42. The molecule has 4 rings (SSSR count). The summed E-state index contributed by atoms with van der Waals surface area (Å²) in [5.41, 5.74) is 0. The SMILES string of the molecule is CC1c2nnc(COc3ccccn3)n2CCN1CC1CCC1. The van der Waals surface area contributed by atoms with Gasteiger partial charge >= 0.3 is 0 Å². The maximum absolute atomic E-state index is 5.72. The standard InChI is InChI=1S/C17H23N5O/c1-13-17-20-19-15(12-23-16-7-2-3-8-18-16)22(17)10-9-21(13)11-14-5-4-6-14/h2-3,7-8,13-14H,4-6,9-12H2,1H3. The van der Waals surface area contributed by atoms with Gasteiger partial charge in [0.2, 0.25) is 5.88 Å². The second kappa shape index (κ2) is 6.28. The van der Waals surface area contributed by atoms with Crippen LogP contribution in [0, 0.1) is 5.92 Å². The number of ether oxygens (including phenoxy) is 1. The van der Waals surface area contributed by atoms with E-state index in [0.29, 0.717) is 18.5 Å². The van der Waals surface area contributed by atoms with Crippen LogP contribution in [-0.2, 0) is 13.2 Å². The van der Waals surface area contributed by atoms with Crippen LogP contribution < -0.4 is 4.74 Å². The Bertz CT molecular complexity index is 652. The maximum Gasteiger partial charge on any atom is 0.213 e. The molecule has 1 unspecified atom stereocenters. The van der Waals surface area contributed by atoms with Crippen molar-refractivity contribution in [1.82, 2.24) is 24.6 Å². The predicted molar refractivity (Wildman–Crippen MR) is 85.9 cm³/mol. The molecule has 0 radical (unpaired) electrons. The second-order valence-electron chi connectivity index (χ2n) is 6.55. The molecule has 1 aliphatic heterocycles. The molecule has 0 N–H and O–H groups in total. The lowest BCUT2D eigenvalue weighted by Gasteiger charge is -2.38. The zero-order chi connectivity index (χ0) is 15.6. The van der Waals surface area contributed by atoms with Gasteiger partial charge in [0.25, 0.3) is 0 Å². The van der Waals surface area contributed by atoms with E-state index < -0.39 is 0 Å². The highest BCUT2D eigenvalue weighted by atomic mass is 16.5. The molecule has 2 aromatic heterocycles. The fourth-order valence-corrected chi connectivity index (χ4v) is 3.42. The molecule has 1 atom stereocenters. The summed E-state index contributed by atoms with van der Waals surface area (Å²) in [6, 6.07) is 5.99. The highest BCUT2D eigenvalue weighted by Gasteiger charge is 2.31. The van der Waals surface area contributed by atoms with Crippen molar-refractivity contribution >= 4 is 0 Å². The summed E-state index contributed by atoms with van der Waals surface area (Å²) in [7, 11) is 0. The maximum atomic E-state index is 5.72. The summed E-state index contributed by atoms with van der Waals surface area (Å²) in [5.74, 6) is 3.47. The van der Waals surface area contributed by atoms with Crippen LogP contribution in [0.3, 0.4) is 0 Å². The topological polar surface area (TPSA) is 56.1 Å². The van der Waals surface area contributed by atoms with Crippen LogP contribution in [0.25, 0.3) is 0 Å². The van der Waals surface area contributed by atoms with Gasteiger partial charge in [0, 0.05) is 31.9 Å². The van der Waals surface area contributed by atoms with E-state index in [0.717, 1.165) is 30.7 Å². The molecule has 0 bridgehead atoms. The monoisotopic (exact) mass is 313 g/mol. The lowest BCUT2D eigenvalue weighted by atomic mass is 9.84. The number of pyridine rings is 1. The van der Waals surface area contributed by atoms with Crippen molar-refractivity contribution in [3.8, 4) is 5.88 Å². The van der Waals surface area contributed by atoms with Gasteiger partial charge in [-0.15, -0.1) is 10.2 Å². The van der Waals surface area contributed by atoms with Crippen LogP contribution in [0.15, 0.2) is 24.4 Å². The Labute approximate surface area is 136 Å². The van der Waals surface area contributed by atoms with E-state index in [1.165, 1.54) is 25.8 Å². The number of aromatic nitrogens is 4. The third kappa shape index (κ3) is 2.95. The Hall–Kier alpha value is -1.95. The first-order valence-corrected chi connectivity index (χ1v) is 8.51. The molecule has 0 amide bonds. The summed E-state index contributed by atoms with van der Waals surface area (Å²) < 4.78 is 7.93. The van der Waals surface area contributed by atoms with E-state index in [2.05, 4.69) is 31.6 Å². The molecule has 0 saturated heterocycles. The first-order valence-electron chi connectivity index (χ1n) is 8.51. The molecule has 2 aromatic rings. The number of rotatable bonds is 5. The molecule has 0 spiro atoms. The largest absolute Gasteiger partial charge is 0.469 e. The predicted octanol–water partition coefficient (Wildman–Crippen LogP) is 2.43. The lowest BCUT2D eigenvalue weighted by molar-refractivity contribution is 0.110. The molecule has 23 heavy (non-hydrogen) atoms. The van der Waals surface area contributed by atoms with Gasteiger partial charge in [0.15, 0.2) is 5.82 Å². The lowest BCUT2D eigenvalue weighted by Crippen LogP contribution is -2.41. The Morgan fingerprint density at radius 2 is 2.13 bits per heavy atom. The molecule has 3 heterocycles. The molecular formula is C17H23N5O. The second-order valence-corrected chi connectivity index (χ2v) is 6.55. The van der Waals surface area contributed by atoms with Crippen LogP contribution in [0.2, 0.25) is 0 Å². The number of nitrogens with zero attached hydrogens (tertiary/aromatic N) is 5. The average molecular weight is 313 g/mol. The third-order valence-corrected chi connectivity index (χ3v) is 5.09. The van der Waals surface area contributed by atoms with Gasteiger partial charge in [-0.05, 0) is 31.7 Å². The van der Waals surface area contributed by atoms with Gasteiger partial charge < -0.3 is 9.30 Å². The van der Waals surface area contributed by atoms with Crippen LogP contribution in [0.5, 0.6) is 5.88 Å². The van der Waals surface area contributed by atoms with Gasteiger partial charge in [0.1, 0.15) is 12.4 Å². The number of hydrogen-bond donors (Lipinski definition) is 0. The number of hydrogen-bond acceptors (Lipinski definition) is 5. The first-order chi connectivity index (χ1) is 11.3.